The first-order valence-corrected chi connectivity index (χ1v) is 12.5. The molecular formula is C25H32FN5O5. The van der Waals surface area contributed by atoms with Gasteiger partial charge in [0.1, 0.15) is 11.4 Å². The highest BCUT2D eigenvalue weighted by atomic mass is 19.1. The lowest BCUT2D eigenvalue weighted by Gasteiger charge is -2.33. The summed E-state index contributed by atoms with van der Waals surface area (Å²) < 4.78 is 16.7. The number of halogens is 1. The molecule has 11 heteroatoms. The Labute approximate surface area is 208 Å². The van der Waals surface area contributed by atoms with Crippen LogP contribution in [0, 0.1) is 5.82 Å². The predicted molar refractivity (Wildman–Crippen MR) is 133 cm³/mol. The molecule has 1 aliphatic carbocycles. The van der Waals surface area contributed by atoms with E-state index >= 15 is 0 Å². The molecule has 1 saturated carbocycles. The van der Waals surface area contributed by atoms with Crippen LogP contribution in [0.5, 0.6) is 0 Å². The fourth-order valence-corrected chi connectivity index (χ4v) is 4.92. The number of carbonyl (C=O) groups excluding carboxylic acids is 2. The Morgan fingerprint density at radius 1 is 1.06 bits per heavy atom. The molecule has 3 N–H and O–H groups in total. The first-order valence-electron chi connectivity index (χ1n) is 12.5. The normalized spacial score (nSPS) is 16.7. The Morgan fingerprint density at radius 3 is 2.36 bits per heavy atom. The lowest BCUT2D eigenvalue weighted by atomic mass is 9.95. The molecule has 36 heavy (non-hydrogen) atoms. The van der Waals surface area contributed by atoms with Gasteiger partial charge in [0.25, 0.3) is 5.91 Å². The van der Waals surface area contributed by atoms with Gasteiger partial charge < -0.3 is 30.1 Å². The second-order valence-electron chi connectivity index (χ2n) is 9.32. The molecule has 10 nitrogen and oxygen atoms in total. The Morgan fingerprint density at radius 2 is 1.72 bits per heavy atom. The van der Waals surface area contributed by atoms with Gasteiger partial charge >= 0.3 is 6.09 Å². The zero-order chi connectivity index (χ0) is 25.8. The zero-order valence-corrected chi connectivity index (χ0v) is 20.4. The van der Waals surface area contributed by atoms with E-state index in [0.717, 1.165) is 25.7 Å². The number of carboxylic acid groups (broad SMARTS) is 1. The monoisotopic (exact) mass is 501 g/mol. The number of hydrogen-bond donors (Lipinski definition) is 3. The summed E-state index contributed by atoms with van der Waals surface area (Å²) in [4.78, 5) is 52.1. The third kappa shape index (κ3) is 5.44. The maximum atomic E-state index is 15.0. The molecule has 2 heterocycles. The van der Waals surface area contributed by atoms with Crippen molar-refractivity contribution in [2.24, 2.45) is 0 Å². The number of pyridine rings is 1. The Bertz CT molecular complexity index is 1220. The average Bonchev–Trinajstić information content (AvgIpc) is 2.89. The van der Waals surface area contributed by atoms with Gasteiger partial charge in [-0.1, -0.05) is 19.3 Å². The van der Waals surface area contributed by atoms with Crippen molar-refractivity contribution < 1.29 is 23.9 Å². The van der Waals surface area contributed by atoms with Gasteiger partial charge in [-0.25, -0.2) is 9.18 Å². The van der Waals surface area contributed by atoms with Crippen LogP contribution in [0.4, 0.5) is 14.9 Å². The van der Waals surface area contributed by atoms with E-state index in [1.165, 1.54) is 28.5 Å². The molecule has 4 rings (SSSR count). The molecule has 1 aliphatic heterocycles. The lowest BCUT2D eigenvalue weighted by Crippen LogP contribution is -2.52. The van der Waals surface area contributed by atoms with Crippen LogP contribution in [0.25, 0.3) is 10.9 Å². The standard InChI is InChI=1S/C25H32FN5O5/c1-2-29-15-18(24(34)27-14-22(32)30-8-10-31(11-9-30)25(35)36)23(33)17-12-19(26)20(13-21(17)29)28-16-6-4-3-5-7-16/h12-13,15-16,28H,2-11,14H2,1H3,(H,27,34)(H,35,36). The van der Waals surface area contributed by atoms with E-state index in [-0.39, 0.29) is 55.6 Å². The summed E-state index contributed by atoms with van der Waals surface area (Å²) in [7, 11) is 0. The topological polar surface area (TPSA) is 124 Å². The van der Waals surface area contributed by atoms with E-state index in [0.29, 0.717) is 17.7 Å². The molecule has 2 aromatic rings. The van der Waals surface area contributed by atoms with Crippen LogP contribution in [0.1, 0.15) is 49.4 Å². The third-order valence-corrected chi connectivity index (χ3v) is 7.02. The van der Waals surface area contributed by atoms with Gasteiger partial charge in [-0.15, -0.1) is 0 Å². The minimum atomic E-state index is -1.03. The number of aryl methyl sites for hydroxylation is 1. The van der Waals surface area contributed by atoms with Crippen LogP contribution in [0.15, 0.2) is 23.1 Å². The molecule has 0 radical (unpaired) electrons. The molecule has 1 aromatic carbocycles. The van der Waals surface area contributed by atoms with Crippen LogP contribution in [-0.2, 0) is 11.3 Å². The predicted octanol–water partition coefficient (Wildman–Crippen LogP) is 2.46. The number of carbonyl (C=O) groups is 3. The average molecular weight is 502 g/mol. The number of aromatic nitrogens is 1. The SMILES string of the molecule is CCn1cc(C(=O)NCC(=O)N2CCN(C(=O)O)CC2)c(=O)c2cc(F)c(NC3CCCCC3)cc21. The van der Waals surface area contributed by atoms with Gasteiger partial charge in [0.05, 0.1) is 17.7 Å². The van der Waals surface area contributed by atoms with Crippen LogP contribution in [0.3, 0.4) is 0 Å². The first kappa shape index (κ1) is 25.5. The molecule has 0 atom stereocenters. The highest BCUT2D eigenvalue weighted by Gasteiger charge is 2.25. The molecule has 2 fully saturated rings. The van der Waals surface area contributed by atoms with Crippen molar-refractivity contribution >= 4 is 34.5 Å². The number of benzene rings is 1. The highest BCUT2D eigenvalue weighted by Crippen LogP contribution is 2.26. The first-order chi connectivity index (χ1) is 17.3. The van der Waals surface area contributed by atoms with Crippen molar-refractivity contribution in [3.8, 4) is 0 Å². The Hall–Kier alpha value is -3.63. The van der Waals surface area contributed by atoms with Crippen molar-refractivity contribution in [1.82, 2.24) is 19.7 Å². The van der Waals surface area contributed by atoms with Crippen molar-refractivity contribution in [2.75, 3.05) is 38.0 Å². The number of fused-ring (bicyclic) bond motifs is 1. The molecule has 0 spiro atoms. The summed E-state index contributed by atoms with van der Waals surface area (Å²) in [5.41, 5.74) is 0.117. The Kier molecular flexibility index (Phi) is 7.76. The molecule has 3 amide bonds. The van der Waals surface area contributed by atoms with E-state index in [1.807, 2.05) is 6.92 Å². The molecule has 0 bridgehead atoms. The van der Waals surface area contributed by atoms with E-state index in [9.17, 15) is 23.6 Å². The minimum Gasteiger partial charge on any atom is -0.465 e. The molecule has 1 saturated heterocycles. The number of anilines is 1. The van der Waals surface area contributed by atoms with E-state index < -0.39 is 23.2 Å². The summed E-state index contributed by atoms with van der Waals surface area (Å²) in [6, 6.07) is 3.01. The lowest BCUT2D eigenvalue weighted by molar-refractivity contribution is -0.131. The van der Waals surface area contributed by atoms with Gasteiger partial charge in [0.2, 0.25) is 11.3 Å². The summed E-state index contributed by atoms with van der Waals surface area (Å²) in [5.74, 6) is -1.62. The summed E-state index contributed by atoms with van der Waals surface area (Å²) >= 11 is 0. The van der Waals surface area contributed by atoms with E-state index in [1.54, 1.807) is 10.6 Å². The molecule has 2 aliphatic rings. The quantitative estimate of drug-likeness (QED) is 0.559. The van der Waals surface area contributed by atoms with E-state index in [2.05, 4.69) is 10.6 Å². The maximum absolute atomic E-state index is 15.0. The number of piperazine rings is 1. The van der Waals surface area contributed by atoms with Gasteiger partial charge in [-0.05, 0) is 31.9 Å². The van der Waals surface area contributed by atoms with Gasteiger partial charge in [0, 0.05) is 50.3 Å². The van der Waals surface area contributed by atoms with Gasteiger partial charge in [-0.2, -0.15) is 0 Å². The number of rotatable bonds is 6. The van der Waals surface area contributed by atoms with Crippen molar-refractivity contribution in [3.63, 3.8) is 0 Å². The van der Waals surface area contributed by atoms with Crippen LogP contribution >= 0.6 is 0 Å². The second kappa shape index (κ2) is 11.0. The molecule has 0 unspecified atom stereocenters. The minimum absolute atomic E-state index is 0.104. The largest absolute Gasteiger partial charge is 0.465 e. The number of nitrogens with one attached hydrogen (secondary N) is 2. The van der Waals surface area contributed by atoms with Crippen molar-refractivity contribution in [3.05, 3.63) is 39.9 Å². The molecular weight excluding hydrogens is 469 g/mol. The highest BCUT2D eigenvalue weighted by molar-refractivity contribution is 5.99. The number of amides is 3. The zero-order valence-electron chi connectivity index (χ0n) is 20.4. The van der Waals surface area contributed by atoms with Gasteiger partial charge in [0.15, 0.2) is 0 Å². The second-order valence-corrected chi connectivity index (χ2v) is 9.32. The number of nitrogens with zero attached hydrogens (tertiary/aromatic N) is 3. The Balaban J connectivity index is 1.49. The molecule has 1 aromatic heterocycles. The number of hydrogen-bond acceptors (Lipinski definition) is 5. The summed E-state index contributed by atoms with van der Waals surface area (Å²) in [5, 5.41) is 14.9. The van der Waals surface area contributed by atoms with Crippen LogP contribution in [0.2, 0.25) is 0 Å². The third-order valence-electron chi connectivity index (χ3n) is 7.02. The fraction of sp³-hybridized carbons (Fsp3) is 0.520. The van der Waals surface area contributed by atoms with Crippen molar-refractivity contribution in [1.29, 1.82) is 0 Å². The van der Waals surface area contributed by atoms with Crippen molar-refractivity contribution in [2.45, 2.75) is 51.6 Å². The maximum Gasteiger partial charge on any atom is 0.407 e. The smallest absolute Gasteiger partial charge is 0.407 e. The molecule has 194 valence electrons. The van der Waals surface area contributed by atoms with Gasteiger partial charge in [-0.3, -0.25) is 14.4 Å². The summed E-state index contributed by atoms with van der Waals surface area (Å²) in [6.45, 7) is 2.86. The summed E-state index contributed by atoms with van der Waals surface area (Å²) in [6.07, 6.45) is 5.76. The fourth-order valence-electron chi connectivity index (χ4n) is 4.92. The van der Waals surface area contributed by atoms with Crippen LogP contribution < -0.4 is 16.1 Å². The van der Waals surface area contributed by atoms with Crippen LogP contribution in [-0.4, -0.2) is 76.1 Å². The van der Waals surface area contributed by atoms with E-state index in [4.69, 9.17) is 5.11 Å².